The third-order valence-electron chi connectivity index (χ3n) is 3.95. The minimum Gasteiger partial charge on any atom is -0.481 e. The van der Waals surface area contributed by atoms with Gasteiger partial charge in [-0.1, -0.05) is 26.2 Å². The Labute approximate surface area is 137 Å². The van der Waals surface area contributed by atoms with Crippen molar-refractivity contribution in [1.82, 2.24) is 4.90 Å². The number of carboxylic acid groups (broad SMARTS) is 1. The zero-order valence-corrected chi connectivity index (χ0v) is 14.1. The van der Waals surface area contributed by atoms with Crippen molar-refractivity contribution < 1.29 is 9.90 Å². The number of likely N-dealkylation sites (tertiary alicyclic amines) is 1. The summed E-state index contributed by atoms with van der Waals surface area (Å²) in [4.78, 5) is 13.7. The van der Waals surface area contributed by atoms with E-state index >= 15 is 0 Å². The molecule has 1 fully saturated rings. The number of aliphatic carboxylic acids is 1. The molecule has 1 N–H and O–H groups in total. The van der Waals surface area contributed by atoms with Crippen LogP contribution in [0.3, 0.4) is 0 Å². The number of hydrogen-bond acceptors (Lipinski definition) is 2. The number of carboxylic acids is 1. The summed E-state index contributed by atoms with van der Waals surface area (Å²) in [7, 11) is 6.02. The van der Waals surface area contributed by atoms with Crippen LogP contribution in [0.25, 0.3) is 0 Å². The molecule has 0 aromatic heterocycles. The first-order chi connectivity index (χ1) is 8.58. The monoisotopic (exact) mass is 323 g/mol. The molecule has 0 saturated carbocycles. The Kier molecular flexibility index (Phi) is 13.1. The molecule has 0 amide bonds. The number of halogens is 2. The van der Waals surface area contributed by atoms with Gasteiger partial charge in [-0.3, -0.25) is 4.79 Å². The molecule has 3 nitrogen and oxygen atoms in total. The number of hydrogen-bond donors (Lipinski definition) is 1. The van der Waals surface area contributed by atoms with Crippen LogP contribution in [0.4, 0.5) is 0 Å². The van der Waals surface area contributed by atoms with Crippen molar-refractivity contribution in [1.29, 1.82) is 0 Å². The van der Waals surface area contributed by atoms with Gasteiger partial charge in [-0.2, -0.15) is 0 Å². The van der Waals surface area contributed by atoms with E-state index < -0.39 is 11.3 Å². The summed E-state index contributed by atoms with van der Waals surface area (Å²) in [6, 6.07) is 0. The van der Waals surface area contributed by atoms with Crippen LogP contribution in [0.1, 0.15) is 58.3 Å². The number of carbonyl (C=O) groups is 1. The van der Waals surface area contributed by atoms with E-state index in [-0.39, 0.29) is 24.8 Å². The zero-order valence-electron chi connectivity index (χ0n) is 12.5. The first-order valence-electron chi connectivity index (χ1n) is 7.33. The van der Waals surface area contributed by atoms with Crippen LogP contribution in [0.5, 0.6) is 0 Å². The van der Waals surface area contributed by atoms with Gasteiger partial charge in [0, 0.05) is 5.31 Å². The molecule has 1 heterocycles. The maximum atomic E-state index is 11.3. The summed E-state index contributed by atoms with van der Waals surface area (Å²) >= 11 is 0. The average Bonchev–Trinajstić information content (AvgIpc) is 2.37. The first-order valence-corrected chi connectivity index (χ1v) is 7.33. The fourth-order valence-corrected chi connectivity index (χ4v) is 2.63. The van der Waals surface area contributed by atoms with Crippen molar-refractivity contribution in [2.75, 3.05) is 19.6 Å². The lowest BCUT2D eigenvalue weighted by molar-refractivity contribution is -0.141. The summed E-state index contributed by atoms with van der Waals surface area (Å²) in [5.74, 6) is -0.838. The lowest BCUT2D eigenvalue weighted by Gasteiger charge is -2.29. The first kappa shape index (κ1) is 22.4. The largest absolute Gasteiger partial charge is 0.481 e. The van der Waals surface area contributed by atoms with Gasteiger partial charge in [0.15, 0.2) is 0 Å². The molecule has 1 unspecified atom stereocenters. The van der Waals surface area contributed by atoms with Crippen molar-refractivity contribution in [3.05, 3.63) is 0 Å². The molecule has 6 heteroatoms. The van der Waals surface area contributed by atoms with E-state index in [0.29, 0.717) is 12.8 Å². The molecular weight excluding hydrogens is 296 g/mol. The highest BCUT2D eigenvalue weighted by atomic mass is 35.5. The lowest BCUT2D eigenvalue weighted by Crippen LogP contribution is -2.32. The molecule has 0 aliphatic carbocycles. The Balaban J connectivity index is 0. The topological polar surface area (TPSA) is 40.5 Å². The van der Waals surface area contributed by atoms with Crippen LogP contribution in [-0.2, 0) is 4.79 Å². The SMILES string of the molecule is Cl.Cl.[B]C(CCCC)(CCCN1CCCCC1)C(=O)O. The Morgan fingerprint density at radius 1 is 1.15 bits per heavy atom. The van der Waals surface area contributed by atoms with E-state index in [1.165, 1.54) is 32.4 Å². The highest BCUT2D eigenvalue weighted by Gasteiger charge is 2.31. The minimum atomic E-state index is -1.01. The van der Waals surface area contributed by atoms with E-state index in [1.54, 1.807) is 0 Å². The fraction of sp³-hybridized carbons (Fsp3) is 0.929. The normalized spacial score (nSPS) is 18.4. The molecule has 1 aliphatic rings. The molecule has 0 bridgehead atoms. The van der Waals surface area contributed by atoms with E-state index in [4.69, 9.17) is 7.85 Å². The van der Waals surface area contributed by atoms with Crippen LogP contribution in [0, 0.1) is 0 Å². The molecule has 1 aliphatic heterocycles. The highest BCUT2D eigenvalue weighted by Crippen LogP contribution is 2.34. The van der Waals surface area contributed by atoms with Crippen molar-refractivity contribution in [2.24, 2.45) is 0 Å². The van der Waals surface area contributed by atoms with E-state index in [1.807, 2.05) is 0 Å². The summed E-state index contributed by atoms with van der Waals surface area (Å²) < 4.78 is 0. The lowest BCUT2D eigenvalue weighted by atomic mass is 9.63. The molecular formula is C14H28BCl2NO2. The summed E-state index contributed by atoms with van der Waals surface area (Å²) in [5, 5.41) is 8.25. The second-order valence-electron chi connectivity index (χ2n) is 5.57. The minimum absolute atomic E-state index is 0. The molecule has 118 valence electrons. The van der Waals surface area contributed by atoms with Gasteiger partial charge in [-0.05, 0) is 51.7 Å². The summed E-state index contributed by atoms with van der Waals surface area (Å²) in [5.41, 5.74) is 0. The van der Waals surface area contributed by atoms with Gasteiger partial charge in [0.2, 0.25) is 0 Å². The predicted molar refractivity (Wildman–Crippen MR) is 89.6 cm³/mol. The molecule has 0 aromatic rings. The third kappa shape index (κ3) is 7.75. The van der Waals surface area contributed by atoms with Crippen LogP contribution in [-0.4, -0.2) is 43.5 Å². The van der Waals surface area contributed by atoms with Crippen LogP contribution < -0.4 is 0 Å². The van der Waals surface area contributed by atoms with Crippen molar-refractivity contribution in [2.45, 2.75) is 63.6 Å². The Morgan fingerprint density at radius 2 is 1.70 bits per heavy atom. The van der Waals surface area contributed by atoms with E-state index in [0.717, 1.165) is 25.8 Å². The number of nitrogens with zero attached hydrogens (tertiary/aromatic N) is 1. The predicted octanol–water partition coefficient (Wildman–Crippen LogP) is 3.70. The van der Waals surface area contributed by atoms with Gasteiger partial charge in [-0.15, -0.1) is 24.8 Å². The molecule has 1 atom stereocenters. The summed E-state index contributed by atoms with van der Waals surface area (Å²) in [6.07, 6.45) is 7.88. The van der Waals surface area contributed by atoms with Crippen LogP contribution >= 0.6 is 24.8 Å². The Bertz CT molecular complexity index is 264. The van der Waals surface area contributed by atoms with Gasteiger partial charge in [0.25, 0.3) is 0 Å². The molecule has 2 radical (unpaired) electrons. The molecule has 0 aromatic carbocycles. The molecule has 1 rings (SSSR count). The van der Waals surface area contributed by atoms with Gasteiger partial charge in [0.05, 0.1) is 7.85 Å². The zero-order chi connectivity index (χ0) is 13.4. The maximum absolute atomic E-state index is 11.3. The van der Waals surface area contributed by atoms with Crippen molar-refractivity contribution in [3.63, 3.8) is 0 Å². The van der Waals surface area contributed by atoms with E-state index in [9.17, 15) is 9.90 Å². The Hall–Kier alpha value is 0.0749. The summed E-state index contributed by atoms with van der Waals surface area (Å²) in [6.45, 7) is 5.40. The van der Waals surface area contributed by atoms with Gasteiger partial charge >= 0.3 is 5.97 Å². The second kappa shape index (κ2) is 11.7. The van der Waals surface area contributed by atoms with Gasteiger partial charge < -0.3 is 10.0 Å². The third-order valence-corrected chi connectivity index (χ3v) is 3.95. The van der Waals surface area contributed by atoms with Gasteiger partial charge in [-0.25, -0.2) is 0 Å². The highest BCUT2D eigenvalue weighted by molar-refractivity contribution is 6.26. The standard InChI is InChI=1S/C14H26BNO2.2ClH/c1-2-3-8-14(15,13(17)18)9-7-12-16-10-5-4-6-11-16;;/h2-12H2,1H3,(H,17,18);2*1H. The van der Waals surface area contributed by atoms with Gasteiger partial charge in [0.1, 0.15) is 0 Å². The molecule has 0 spiro atoms. The van der Waals surface area contributed by atoms with Crippen LogP contribution in [0.2, 0.25) is 5.31 Å². The Morgan fingerprint density at radius 3 is 2.20 bits per heavy atom. The fourth-order valence-electron chi connectivity index (χ4n) is 2.63. The number of unbranched alkanes of at least 4 members (excludes halogenated alkanes) is 1. The molecule has 20 heavy (non-hydrogen) atoms. The average molecular weight is 324 g/mol. The number of rotatable bonds is 8. The van der Waals surface area contributed by atoms with Crippen LogP contribution in [0.15, 0.2) is 0 Å². The van der Waals surface area contributed by atoms with E-state index in [2.05, 4.69) is 11.8 Å². The van der Waals surface area contributed by atoms with Crippen molar-refractivity contribution in [3.8, 4) is 0 Å². The molecule has 1 saturated heterocycles. The second-order valence-corrected chi connectivity index (χ2v) is 5.57. The number of piperidine rings is 1. The maximum Gasteiger partial charge on any atom is 0.300 e. The van der Waals surface area contributed by atoms with Crippen molar-refractivity contribution >= 4 is 38.6 Å². The smallest absolute Gasteiger partial charge is 0.300 e. The quantitative estimate of drug-likeness (QED) is 0.692.